The van der Waals surface area contributed by atoms with Gasteiger partial charge in [-0.25, -0.2) is 4.39 Å². The molecule has 0 spiro atoms. The Kier molecular flexibility index (Phi) is 3.29. The molecule has 0 amide bonds. The molecular formula is C10H2Cl2F4OS. The minimum Gasteiger partial charge on any atom is -0.275 e. The first-order valence-corrected chi connectivity index (χ1v) is 5.98. The standard InChI is InChI=1S/C10H2Cl2F4OS/c11-6-3-1-2-4(13)5(10(14,15)16)7(3)18-8(6)9(12)17/h1-2H. The molecule has 2 aromatic rings. The lowest BCUT2D eigenvalue weighted by atomic mass is 10.1. The molecule has 0 aliphatic carbocycles. The van der Waals surface area contributed by atoms with Crippen LogP contribution >= 0.6 is 34.5 Å². The normalized spacial score (nSPS) is 12.1. The molecule has 0 saturated heterocycles. The monoisotopic (exact) mass is 316 g/mol. The van der Waals surface area contributed by atoms with E-state index in [1.165, 1.54) is 0 Å². The molecule has 0 aliphatic rings. The predicted octanol–water partition coefficient (Wildman–Crippen LogP) is 5.09. The molecule has 0 unspecified atom stereocenters. The molecule has 1 aromatic carbocycles. The van der Waals surface area contributed by atoms with Crippen LogP contribution in [0, 0.1) is 5.82 Å². The average Bonchev–Trinajstić information content (AvgIpc) is 2.53. The second-order valence-electron chi connectivity index (χ2n) is 3.32. The molecule has 96 valence electrons. The lowest BCUT2D eigenvalue weighted by Crippen LogP contribution is -2.07. The third kappa shape index (κ3) is 2.08. The number of fused-ring (bicyclic) bond motifs is 1. The van der Waals surface area contributed by atoms with Crippen LogP contribution in [0.15, 0.2) is 12.1 Å². The van der Waals surface area contributed by atoms with E-state index in [9.17, 15) is 22.4 Å². The molecule has 0 bridgehead atoms. The molecule has 1 aromatic heterocycles. The SMILES string of the molecule is O=C(Cl)c1sc2c(C(F)(F)F)c(F)ccc2c1Cl. The minimum atomic E-state index is -4.87. The van der Waals surface area contributed by atoms with Gasteiger partial charge >= 0.3 is 6.18 Å². The Balaban J connectivity index is 2.90. The molecule has 0 aliphatic heterocycles. The third-order valence-corrected chi connectivity index (χ3v) is 4.24. The van der Waals surface area contributed by atoms with Crippen LogP contribution in [0.2, 0.25) is 5.02 Å². The van der Waals surface area contributed by atoms with E-state index >= 15 is 0 Å². The number of benzene rings is 1. The van der Waals surface area contributed by atoms with Crippen LogP contribution < -0.4 is 0 Å². The van der Waals surface area contributed by atoms with E-state index < -0.39 is 27.5 Å². The highest BCUT2D eigenvalue weighted by atomic mass is 35.5. The fourth-order valence-corrected chi connectivity index (χ4v) is 3.25. The smallest absolute Gasteiger partial charge is 0.275 e. The minimum absolute atomic E-state index is 0.0422. The second-order valence-corrected chi connectivity index (χ2v) is 5.06. The van der Waals surface area contributed by atoms with E-state index in [2.05, 4.69) is 0 Å². The first-order valence-electron chi connectivity index (χ1n) is 4.41. The summed E-state index contributed by atoms with van der Waals surface area (Å²) in [6.45, 7) is 0. The Bertz CT molecular complexity index is 647. The Morgan fingerprint density at radius 1 is 1.28 bits per heavy atom. The summed E-state index contributed by atoms with van der Waals surface area (Å²) >= 11 is 11.4. The highest BCUT2D eigenvalue weighted by Crippen LogP contribution is 2.44. The van der Waals surface area contributed by atoms with Crippen LogP contribution in [-0.2, 0) is 6.18 Å². The van der Waals surface area contributed by atoms with Crippen molar-refractivity contribution < 1.29 is 22.4 Å². The fraction of sp³-hybridized carbons (Fsp3) is 0.100. The maximum absolute atomic E-state index is 13.3. The maximum atomic E-state index is 13.3. The molecular weight excluding hydrogens is 315 g/mol. The van der Waals surface area contributed by atoms with Gasteiger partial charge < -0.3 is 0 Å². The number of carbonyl (C=O) groups excluding carboxylic acids is 1. The van der Waals surface area contributed by atoms with Crippen molar-refractivity contribution in [2.45, 2.75) is 6.18 Å². The van der Waals surface area contributed by atoms with Gasteiger partial charge in [-0.3, -0.25) is 4.79 Å². The zero-order valence-electron chi connectivity index (χ0n) is 8.24. The molecule has 0 saturated carbocycles. The van der Waals surface area contributed by atoms with E-state index in [0.717, 1.165) is 6.07 Å². The summed E-state index contributed by atoms with van der Waals surface area (Å²) in [5.74, 6) is -1.42. The highest BCUT2D eigenvalue weighted by molar-refractivity contribution is 7.23. The topological polar surface area (TPSA) is 17.1 Å². The van der Waals surface area contributed by atoms with Gasteiger partial charge in [0, 0.05) is 5.39 Å². The lowest BCUT2D eigenvalue weighted by molar-refractivity contribution is -0.138. The number of halogens is 6. The molecule has 2 rings (SSSR count). The van der Waals surface area contributed by atoms with Gasteiger partial charge in [-0.15, -0.1) is 11.3 Å². The molecule has 1 heterocycles. The van der Waals surface area contributed by atoms with Gasteiger partial charge in [0.15, 0.2) is 0 Å². The number of rotatable bonds is 1. The zero-order chi connectivity index (χ0) is 13.7. The summed E-state index contributed by atoms with van der Waals surface area (Å²) in [7, 11) is 0. The van der Waals surface area contributed by atoms with Crippen molar-refractivity contribution in [2.75, 3.05) is 0 Å². The van der Waals surface area contributed by atoms with Crippen LogP contribution in [0.1, 0.15) is 15.2 Å². The predicted molar refractivity (Wildman–Crippen MR) is 62.0 cm³/mol. The van der Waals surface area contributed by atoms with E-state index in [1.807, 2.05) is 0 Å². The fourth-order valence-electron chi connectivity index (χ4n) is 1.50. The van der Waals surface area contributed by atoms with Crippen molar-refractivity contribution in [2.24, 2.45) is 0 Å². The zero-order valence-corrected chi connectivity index (χ0v) is 10.6. The molecule has 0 atom stereocenters. The van der Waals surface area contributed by atoms with Crippen LogP contribution in [0.3, 0.4) is 0 Å². The van der Waals surface area contributed by atoms with Crippen molar-refractivity contribution in [3.8, 4) is 0 Å². The first-order chi connectivity index (χ1) is 8.23. The first kappa shape index (κ1) is 13.6. The Morgan fingerprint density at radius 2 is 1.89 bits per heavy atom. The molecule has 0 radical (unpaired) electrons. The summed E-state index contributed by atoms with van der Waals surface area (Å²) < 4.78 is 51.0. The van der Waals surface area contributed by atoms with Crippen LogP contribution in [-0.4, -0.2) is 5.24 Å². The van der Waals surface area contributed by atoms with E-state index in [4.69, 9.17) is 23.2 Å². The van der Waals surface area contributed by atoms with Gasteiger partial charge in [-0.1, -0.05) is 11.6 Å². The highest BCUT2D eigenvalue weighted by Gasteiger charge is 2.37. The van der Waals surface area contributed by atoms with E-state index in [1.54, 1.807) is 0 Å². The Hall–Kier alpha value is -0.850. The molecule has 18 heavy (non-hydrogen) atoms. The summed E-state index contributed by atoms with van der Waals surface area (Å²) in [6.07, 6.45) is -4.87. The molecule has 0 N–H and O–H groups in total. The van der Waals surface area contributed by atoms with Gasteiger partial charge in [0.05, 0.1) is 9.72 Å². The molecule has 1 nitrogen and oxygen atoms in total. The quantitative estimate of drug-likeness (QED) is 0.529. The summed E-state index contributed by atoms with van der Waals surface area (Å²) in [6, 6.07) is 1.74. The van der Waals surface area contributed by atoms with Gasteiger partial charge in [-0.2, -0.15) is 13.2 Å². The number of carbonyl (C=O) groups is 1. The number of alkyl halides is 3. The lowest BCUT2D eigenvalue weighted by Gasteiger charge is -2.08. The van der Waals surface area contributed by atoms with Crippen molar-refractivity contribution >= 4 is 49.9 Å². The molecule has 8 heteroatoms. The van der Waals surface area contributed by atoms with E-state index in [-0.39, 0.29) is 15.3 Å². The summed E-state index contributed by atoms with van der Waals surface area (Å²) in [5.41, 5.74) is -1.43. The molecule has 0 fully saturated rings. The van der Waals surface area contributed by atoms with Crippen molar-refractivity contribution in [3.05, 3.63) is 33.4 Å². The Labute approximate surface area is 112 Å². The third-order valence-electron chi connectivity index (χ3n) is 2.21. The van der Waals surface area contributed by atoms with E-state index in [0.29, 0.717) is 17.4 Å². The van der Waals surface area contributed by atoms with Gasteiger partial charge in [0.25, 0.3) is 5.24 Å². The summed E-state index contributed by atoms with van der Waals surface area (Å²) in [5, 5.41) is -1.21. The maximum Gasteiger partial charge on any atom is 0.420 e. The largest absolute Gasteiger partial charge is 0.420 e. The average molecular weight is 317 g/mol. The van der Waals surface area contributed by atoms with Gasteiger partial charge in [0.1, 0.15) is 16.3 Å². The second kappa shape index (κ2) is 4.36. The van der Waals surface area contributed by atoms with Crippen LogP contribution in [0.4, 0.5) is 17.6 Å². The number of hydrogen-bond acceptors (Lipinski definition) is 2. The van der Waals surface area contributed by atoms with Gasteiger partial charge in [0.2, 0.25) is 0 Å². The van der Waals surface area contributed by atoms with Crippen molar-refractivity contribution in [3.63, 3.8) is 0 Å². The van der Waals surface area contributed by atoms with Crippen molar-refractivity contribution in [1.82, 2.24) is 0 Å². The van der Waals surface area contributed by atoms with Gasteiger partial charge in [-0.05, 0) is 23.7 Å². The van der Waals surface area contributed by atoms with Crippen LogP contribution in [0.25, 0.3) is 10.1 Å². The Morgan fingerprint density at radius 3 is 2.39 bits per heavy atom. The van der Waals surface area contributed by atoms with Crippen molar-refractivity contribution in [1.29, 1.82) is 0 Å². The number of thiophene rings is 1. The summed E-state index contributed by atoms with van der Waals surface area (Å²) in [4.78, 5) is 10.8. The van der Waals surface area contributed by atoms with Crippen LogP contribution in [0.5, 0.6) is 0 Å². The number of hydrogen-bond donors (Lipinski definition) is 0.